The van der Waals surface area contributed by atoms with Crippen molar-refractivity contribution < 1.29 is 18.9 Å². The molecule has 8 nitrogen and oxygen atoms in total. The molecule has 100 valence electrons. The van der Waals surface area contributed by atoms with Gasteiger partial charge in [0.1, 0.15) is 11.8 Å². The van der Waals surface area contributed by atoms with Crippen molar-refractivity contribution in [1.29, 1.82) is 0 Å². The Bertz CT molecular complexity index is 615. The Morgan fingerprint density at radius 2 is 2.26 bits per heavy atom. The molecule has 0 bridgehead atoms. The van der Waals surface area contributed by atoms with Crippen LogP contribution in [0, 0.1) is 10.1 Å². The van der Waals surface area contributed by atoms with Crippen LogP contribution in [0.4, 0.5) is 5.82 Å². The minimum Gasteiger partial charge on any atom is -0.463 e. The van der Waals surface area contributed by atoms with Crippen molar-refractivity contribution in [1.82, 2.24) is 9.78 Å². The number of hydrogen-bond donors (Lipinski definition) is 0. The van der Waals surface area contributed by atoms with E-state index in [1.165, 1.54) is 30.1 Å². The monoisotopic (exact) mass is 265 g/mol. The van der Waals surface area contributed by atoms with Crippen molar-refractivity contribution in [3.8, 4) is 0 Å². The Morgan fingerprint density at radius 3 is 2.84 bits per heavy atom. The predicted molar refractivity (Wildman–Crippen MR) is 62.7 cm³/mol. The van der Waals surface area contributed by atoms with E-state index >= 15 is 0 Å². The topological polar surface area (TPSA) is 100 Å². The summed E-state index contributed by atoms with van der Waals surface area (Å²) in [6, 6.07) is 4.01. The number of furan rings is 1. The van der Waals surface area contributed by atoms with E-state index in [9.17, 15) is 14.9 Å². The van der Waals surface area contributed by atoms with E-state index in [2.05, 4.69) is 9.84 Å². The quantitative estimate of drug-likeness (QED) is 0.474. The molecule has 0 radical (unpaired) electrons. The second-order valence-corrected chi connectivity index (χ2v) is 3.78. The standard InChI is InChI=1S/C11H11N3O5/c1-7(13-6-5-10(12-13)14(16)17)8-3-4-9(19-8)11(15)18-2/h3-7H,1-2H3. The number of nitro groups is 1. The second-order valence-electron chi connectivity index (χ2n) is 3.78. The minimum absolute atomic E-state index is 0.0750. The predicted octanol–water partition coefficient (Wildman–Crippen LogP) is 1.78. The van der Waals surface area contributed by atoms with Gasteiger partial charge in [0.25, 0.3) is 0 Å². The highest BCUT2D eigenvalue weighted by atomic mass is 16.6. The first-order valence-electron chi connectivity index (χ1n) is 5.40. The zero-order valence-corrected chi connectivity index (χ0v) is 10.3. The van der Waals surface area contributed by atoms with E-state index in [1.54, 1.807) is 13.0 Å². The fourth-order valence-corrected chi connectivity index (χ4v) is 1.56. The summed E-state index contributed by atoms with van der Waals surface area (Å²) < 4.78 is 11.2. The summed E-state index contributed by atoms with van der Waals surface area (Å²) in [4.78, 5) is 21.2. The Kier molecular flexibility index (Phi) is 3.32. The molecule has 1 atom stereocenters. The lowest BCUT2D eigenvalue weighted by molar-refractivity contribution is -0.389. The van der Waals surface area contributed by atoms with E-state index < -0.39 is 10.9 Å². The molecule has 0 aliphatic carbocycles. The first-order valence-corrected chi connectivity index (χ1v) is 5.40. The van der Waals surface area contributed by atoms with Gasteiger partial charge in [-0.3, -0.25) is 0 Å². The molecule has 1 unspecified atom stereocenters. The lowest BCUT2D eigenvalue weighted by Crippen LogP contribution is -2.07. The fraction of sp³-hybridized carbons (Fsp3) is 0.273. The third-order valence-corrected chi connectivity index (χ3v) is 2.60. The third-order valence-electron chi connectivity index (χ3n) is 2.60. The van der Waals surface area contributed by atoms with Crippen LogP contribution in [0.1, 0.15) is 29.3 Å². The molecule has 2 heterocycles. The van der Waals surface area contributed by atoms with Gasteiger partial charge in [-0.15, -0.1) is 0 Å². The Hall–Kier alpha value is -2.64. The molecule has 2 rings (SSSR count). The maximum Gasteiger partial charge on any atom is 0.389 e. The highest BCUT2D eigenvalue weighted by molar-refractivity contribution is 5.86. The van der Waals surface area contributed by atoms with Gasteiger partial charge in [-0.25, -0.2) is 4.79 Å². The Labute approximate surface area is 107 Å². The number of rotatable bonds is 4. The molecule has 0 fully saturated rings. The van der Waals surface area contributed by atoms with Gasteiger partial charge in [-0.1, -0.05) is 0 Å². The number of nitrogens with zero attached hydrogens (tertiary/aromatic N) is 3. The summed E-state index contributed by atoms with van der Waals surface area (Å²) in [5.74, 6) is -0.291. The van der Waals surface area contributed by atoms with Crippen LogP contribution in [-0.2, 0) is 4.74 Å². The molecule has 2 aromatic heterocycles. The average molecular weight is 265 g/mol. The van der Waals surface area contributed by atoms with Crippen molar-refractivity contribution >= 4 is 11.8 Å². The number of esters is 1. The van der Waals surface area contributed by atoms with Gasteiger partial charge in [0.2, 0.25) is 5.76 Å². The van der Waals surface area contributed by atoms with Crippen LogP contribution in [0.3, 0.4) is 0 Å². The maximum absolute atomic E-state index is 11.3. The van der Waals surface area contributed by atoms with Crippen molar-refractivity contribution in [2.45, 2.75) is 13.0 Å². The van der Waals surface area contributed by atoms with E-state index in [0.29, 0.717) is 5.76 Å². The molecule has 0 aliphatic heterocycles. The van der Waals surface area contributed by atoms with Gasteiger partial charge in [0, 0.05) is 0 Å². The van der Waals surface area contributed by atoms with Crippen LogP contribution in [0.2, 0.25) is 0 Å². The SMILES string of the molecule is COC(=O)c1ccc(C(C)n2ccc([N+](=O)[O-])n2)o1. The summed E-state index contributed by atoms with van der Waals surface area (Å²) in [6.07, 6.45) is 1.48. The summed E-state index contributed by atoms with van der Waals surface area (Å²) >= 11 is 0. The Balaban J connectivity index is 2.23. The van der Waals surface area contributed by atoms with Crippen molar-refractivity contribution in [3.63, 3.8) is 0 Å². The van der Waals surface area contributed by atoms with Crippen molar-refractivity contribution in [2.24, 2.45) is 0 Å². The number of aromatic nitrogens is 2. The van der Waals surface area contributed by atoms with Gasteiger partial charge < -0.3 is 19.3 Å². The molecule has 0 N–H and O–H groups in total. The summed E-state index contributed by atoms with van der Waals surface area (Å²) in [7, 11) is 1.25. The zero-order chi connectivity index (χ0) is 14.0. The van der Waals surface area contributed by atoms with Gasteiger partial charge >= 0.3 is 11.8 Å². The second kappa shape index (κ2) is 4.92. The van der Waals surface area contributed by atoms with Crippen LogP contribution in [0.15, 0.2) is 28.8 Å². The van der Waals surface area contributed by atoms with E-state index in [4.69, 9.17) is 4.42 Å². The summed E-state index contributed by atoms with van der Waals surface area (Å²) in [6.45, 7) is 1.75. The van der Waals surface area contributed by atoms with E-state index in [0.717, 1.165) is 0 Å². The van der Waals surface area contributed by atoms with Crippen molar-refractivity contribution in [3.05, 3.63) is 46.0 Å². The molecule has 8 heteroatoms. The molecular weight excluding hydrogens is 254 g/mol. The molecule has 0 amide bonds. The summed E-state index contributed by atoms with van der Waals surface area (Å²) in [5.41, 5.74) is 0. The van der Waals surface area contributed by atoms with E-state index in [1.807, 2.05) is 0 Å². The molecule has 0 saturated carbocycles. The minimum atomic E-state index is -0.579. The van der Waals surface area contributed by atoms with Gasteiger partial charge in [-0.2, -0.15) is 4.68 Å². The Morgan fingerprint density at radius 1 is 1.53 bits per heavy atom. The number of carbonyl (C=O) groups excluding carboxylic acids is 1. The smallest absolute Gasteiger partial charge is 0.389 e. The third kappa shape index (κ3) is 2.46. The lowest BCUT2D eigenvalue weighted by atomic mass is 10.2. The van der Waals surface area contributed by atoms with Gasteiger partial charge in [0.05, 0.1) is 24.5 Å². The van der Waals surface area contributed by atoms with Crippen LogP contribution in [0.25, 0.3) is 0 Å². The number of carbonyl (C=O) groups is 1. The van der Waals surface area contributed by atoms with Crippen LogP contribution in [-0.4, -0.2) is 27.8 Å². The molecule has 0 aromatic carbocycles. The molecule has 19 heavy (non-hydrogen) atoms. The molecule has 2 aromatic rings. The van der Waals surface area contributed by atoms with Crippen LogP contribution >= 0.6 is 0 Å². The highest BCUT2D eigenvalue weighted by Crippen LogP contribution is 2.21. The van der Waals surface area contributed by atoms with Crippen LogP contribution < -0.4 is 0 Å². The zero-order valence-electron chi connectivity index (χ0n) is 10.3. The maximum atomic E-state index is 11.3. The lowest BCUT2D eigenvalue weighted by Gasteiger charge is -2.04. The highest BCUT2D eigenvalue weighted by Gasteiger charge is 2.21. The van der Waals surface area contributed by atoms with Crippen LogP contribution in [0.5, 0.6) is 0 Å². The first kappa shape index (κ1) is 12.8. The summed E-state index contributed by atoms with van der Waals surface area (Å²) in [5, 5.41) is 14.4. The first-order chi connectivity index (χ1) is 9.02. The van der Waals surface area contributed by atoms with Crippen molar-refractivity contribution in [2.75, 3.05) is 7.11 Å². The number of methoxy groups -OCH3 is 1. The van der Waals surface area contributed by atoms with Gasteiger partial charge in [-0.05, 0) is 24.0 Å². The number of ether oxygens (including phenoxy) is 1. The number of hydrogen-bond acceptors (Lipinski definition) is 6. The largest absolute Gasteiger partial charge is 0.463 e. The fourth-order valence-electron chi connectivity index (χ4n) is 1.56. The molecule has 0 spiro atoms. The molecule has 0 saturated heterocycles. The van der Waals surface area contributed by atoms with Gasteiger partial charge in [0.15, 0.2) is 0 Å². The molecular formula is C11H11N3O5. The average Bonchev–Trinajstić information content (AvgIpc) is 3.05. The normalized spacial score (nSPS) is 12.1. The van der Waals surface area contributed by atoms with E-state index in [-0.39, 0.29) is 17.6 Å². The molecule has 0 aliphatic rings.